The normalized spacial score (nSPS) is 52.2. The molecule has 0 aromatic carbocycles. The highest BCUT2D eigenvalue weighted by Gasteiger charge is 2.45. The molecule has 0 heterocycles. The number of hydrogen-bond acceptors (Lipinski definition) is 0. The van der Waals surface area contributed by atoms with Gasteiger partial charge in [0.05, 0.1) is 0 Å². The quantitative estimate of drug-likeness (QED) is 0.522. The van der Waals surface area contributed by atoms with Crippen molar-refractivity contribution in [3.05, 3.63) is 0 Å². The van der Waals surface area contributed by atoms with E-state index in [1.54, 1.807) is 12.8 Å². The molecule has 0 radical (unpaired) electrons. The van der Waals surface area contributed by atoms with Crippen LogP contribution in [0.4, 0.5) is 0 Å². The summed E-state index contributed by atoms with van der Waals surface area (Å²) in [6, 6.07) is 0. The van der Waals surface area contributed by atoms with Crippen molar-refractivity contribution in [2.24, 2.45) is 23.7 Å². The topological polar surface area (TPSA) is 0 Å². The van der Waals surface area contributed by atoms with Crippen LogP contribution in [0.1, 0.15) is 39.5 Å². The monoisotopic (exact) mass is 138 g/mol. The van der Waals surface area contributed by atoms with E-state index in [1.165, 1.54) is 12.8 Å². The molecule has 2 fully saturated rings. The summed E-state index contributed by atoms with van der Waals surface area (Å²) in [6.45, 7) is 4.79. The van der Waals surface area contributed by atoms with Gasteiger partial charge in [-0.25, -0.2) is 0 Å². The molecule has 58 valence electrons. The lowest BCUT2D eigenvalue weighted by Crippen LogP contribution is -2.34. The van der Waals surface area contributed by atoms with Crippen LogP contribution < -0.4 is 0 Å². The second-order valence-corrected chi connectivity index (χ2v) is 4.29. The minimum Gasteiger partial charge on any atom is -0.0651 e. The Bertz CT molecular complexity index is 128. The van der Waals surface area contributed by atoms with Crippen LogP contribution in [0.15, 0.2) is 0 Å². The first-order chi connectivity index (χ1) is 4.83. The molecular weight excluding hydrogens is 120 g/mol. The van der Waals surface area contributed by atoms with Gasteiger partial charge in [0, 0.05) is 0 Å². The van der Waals surface area contributed by atoms with Crippen LogP contribution in [0.2, 0.25) is 0 Å². The Labute approximate surface area is 64.0 Å². The van der Waals surface area contributed by atoms with Gasteiger partial charge in [-0.3, -0.25) is 0 Å². The Hall–Kier alpha value is 0. The Balaban J connectivity index is 1.96. The maximum Gasteiger partial charge on any atom is -0.0355 e. The molecule has 0 amide bonds. The summed E-state index contributed by atoms with van der Waals surface area (Å²) in [5.74, 6) is 4.48. The van der Waals surface area contributed by atoms with E-state index >= 15 is 0 Å². The van der Waals surface area contributed by atoms with Crippen LogP contribution in [0.25, 0.3) is 0 Å². The second-order valence-electron chi connectivity index (χ2n) is 4.29. The Kier molecular flexibility index (Phi) is 1.51. The molecule has 4 atom stereocenters. The van der Waals surface area contributed by atoms with Crippen molar-refractivity contribution in [3.8, 4) is 0 Å². The van der Waals surface area contributed by atoms with Crippen molar-refractivity contribution in [1.82, 2.24) is 0 Å². The number of rotatable bonds is 1. The van der Waals surface area contributed by atoms with Gasteiger partial charge in [-0.05, 0) is 36.5 Å². The molecule has 2 aliphatic rings. The molecule has 4 unspecified atom stereocenters. The fourth-order valence-corrected chi connectivity index (χ4v) is 3.10. The molecule has 2 aliphatic carbocycles. The molecule has 0 aliphatic heterocycles. The molecule has 0 saturated heterocycles. The number of hydrogen-bond donors (Lipinski definition) is 0. The second kappa shape index (κ2) is 2.25. The lowest BCUT2D eigenvalue weighted by Gasteiger charge is -2.42. The van der Waals surface area contributed by atoms with Crippen LogP contribution in [0, 0.1) is 23.7 Å². The van der Waals surface area contributed by atoms with Gasteiger partial charge in [0.15, 0.2) is 0 Å². The maximum atomic E-state index is 2.44. The first-order valence-electron chi connectivity index (χ1n) is 4.83. The minimum atomic E-state index is 1.06. The van der Waals surface area contributed by atoms with Crippen LogP contribution in [-0.4, -0.2) is 0 Å². The third kappa shape index (κ3) is 0.741. The Morgan fingerprint density at radius 1 is 1.20 bits per heavy atom. The van der Waals surface area contributed by atoms with Gasteiger partial charge in [-0.15, -0.1) is 0 Å². The molecule has 0 heteroatoms. The summed E-state index contributed by atoms with van der Waals surface area (Å²) >= 11 is 0. The van der Waals surface area contributed by atoms with Gasteiger partial charge in [-0.1, -0.05) is 26.7 Å². The number of fused-ring (bicyclic) bond motifs is 1. The van der Waals surface area contributed by atoms with Crippen molar-refractivity contribution in [2.45, 2.75) is 39.5 Å². The lowest BCUT2D eigenvalue weighted by atomic mass is 9.64. The fraction of sp³-hybridized carbons (Fsp3) is 1.00. The molecule has 2 rings (SSSR count). The predicted octanol–water partition coefficient (Wildman–Crippen LogP) is 3.08. The maximum absolute atomic E-state index is 2.44. The molecule has 0 bridgehead atoms. The summed E-state index contributed by atoms with van der Waals surface area (Å²) in [7, 11) is 0. The molecule has 0 N–H and O–H groups in total. The average molecular weight is 138 g/mol. The molecule has 10 heavy (non-hydrogen) atoms. The van der Waals surface area contributed by atoms with E-state index in [0.29, 0.717) is 0 Å². The molecule has 2 saturated carbocycles. The highest BCUT2D eigenvalue weighted by atomic mass is 14.5. The van der Waals surface area contributed by atoms with Crippen LogP contribution in [0.3, 0.4) is 0 Å². The van der Waals surface area contributed by atoms with Crippen molar-refractivity contribution >= 4 is 0 Å². The van der Waals surface area contributed by atoms with E-state index in [2.05, 4.69) is 13.8 Å². The van der Waals surface area contributed by atoms with Crippen molar-refractivity contribution in [3.63, 3.8) is 0 Å². The summed E-state index contributed by atoms with van der Waals surface area (Å²) in [5.41, 5.74) is 0. The van der Waals surface area contributed by atoms with Crippen molar-refractivity contribution in [1.29, 1.82) is 0 Å². The zero-order valence-electron chi connectivity index (χ0n) is 7.14. The first kappa shape index (κ1) is 6.69. The smallest absolute Gasteiger partial charge is 0.0355 e. The summed E-state index contributed by atoms with van der Waals surface area (Å²) < 4.78 is 0. The molecule has 0 aromatic heterocycles. The summed E-state index contributed by atoms with van der Waals surface area (Å²) in [5, 5.41) is 0. The average Bonchev–Trinajstić information content (AvgIpc) is 2.10. The van der Waals surface area contributed by atoms with Gasteiger partial charge in [-0.2, -0.15) is 0 Å². The van der Waals surface area contributed by atoms with E-state index in [0.717, 1.165) is 23.7 Å². The van der Waals surface area contributed by atoms with E-state index in [9.17, 15) is 0 Å². The molecule has 0 spiro atoms. The van der Waals surface area contributed by atoms with E-state index < -0.39 is 0 Å². The van der Waals surface area contributed by atoms with Gasteiger partial charge in [0.2, 0.25) is 0 Å². The van der Waals surface area contributed by atoms with E-state index in [-0.39, 0.29) is 0 Å². The summed E-state index contributed by atoms with van der Waals surface area (Å²) in [4.78, 5) is 0. The first-order valence-corrected chi connectivity index (χ1v) is 4.83. The SMILES string of the molecule is CCC1CC2C(C)CCC12. The fourth-order valence-electron chi connectivity index (χ4n) is 3.10. The van der Waals surface area contributed by atoms with Gasteiger partial charge in [0.1, 0.15) is 0 Å². The Morgan fingerprint density at radius 2 is 2.00 bits per heavy atom. The lowest BCUT2D eigenvalue weighted by molar-refractivity contribution is 0.0757. The third-order valence-electron chi connectivity index (χ3n) is 3.94. The largest absolute Gasteiger partial charge is 0.0651 e. The zero-order valence-corrected chi connectivity index (χ0v) is 7.14. The van der Waals surface area contributed by atoms with E-state index in [4.69, 9.17) is 0 Å². The standard InChI is InChI=1S/C10H18/c1-3-8-6-10-7(2)4-5-9(8)10/h7-10H,3-6H2,1-2H3. The van der Waals surface area contributed by atoms with Gasteiger partial charge < -0.3 is 0 Å². The predicted molar refractivity (Wildman–Crippen MR) is 43.8 cm³/mol. The minimum absolute atomic E-state index is 1.06. The summed E-state index contributed by atoms with van der Waals surface area (Å²) in [6.07, 6.45) is 6.06. The Morgan fingerprint density at radius 3 is 2.60 bits per heavy atom. The van der Waals surface area contributed by atoms with Crippen LogP contribution >= 0.6 is 0 Å². The highest BCUT2D eigenvalue weighted by Crippen LogP contribution is 2.54. The van der Waals surface area contributed by atoms with Crippen molar-refractivity contribution in [2.75, 3.05) is 0 Å². The van der Waals surface area contributed by atoms with Crippen LogP contribution in [-0.2, 0) is 0 Å². The molecule has 0 nitrogen and oxygen atoms in total. The van der Waals surface area contributed by atoms with Gasteiger partial charge >= 0.3 is 0 Å². The van der Waals surface area contributed by atoms with Gasteiger partial charge in [0.25, 0.3) is 0 Å². The molecule has 0 aromatic rings. The third-order valence-corrected chi connectivity index (χ3v) is 3.94. The zero-order chi connectivity index (χ0) is 7.14. The van der Waals surface area contributed by atoms with Crippen LogP contribution in [0.5, 0.6) is 0 Å². The highest BCUT2D eigenvalue weighted by molar-refractivity contribution is 4.95. The molecular formula is C10H18. The van der Waals surface area contributed by atoms with Crippen molar-refractivity contribution < 1.29 is 0 Å². The van der Waals surface area contributed by atoms with E-state index in [1.807, 2.05) is 0 Å².